The largest absolute Gasteiger partial charge is 0.457 e. The maximum atomic E-state index is 10.6. The van der Waals surface area contributed by atoms with E-state index in [2.05, 4.69) is 6.58 Å². The van der Waals surface area contributed by atoms with Crippen molar-refractivity contribution < 1.29 is 14.3 Å². The Balaban J connectivity index is 2.23. The molecule has 0 spiro atoms. The molecule has 0 radical (unpaired) electrons. The van der Waals surface area contributed by atoms with E-state index in [9.17, 15) is 4.79 Å². The maximum Gasteiger partial charge on any atom is 0.330 e. The van der Waals surface area contributed by atoms with E-state index in [1.165, 1.54) is 6.08 Å². The van der Waals surface area contributed by atoms with Crippen molar-refractivity contribution in [3.8, 4) is 0 Å². The summed E-state index contributed by atoms with van der Waals surface area (Å²) in [5, 5.41) is 0. The fourth-order valence-corrected chi connectivity index (χ4v) is 0.818. The number of rotatable bonds is 2. The molecule has 0 aromatic carbocycles. The van der Waals surface area contributed by atoms with Gasteiger partial charge < -0.3 is 9.47 Å². The average molecular weight is 142 g/mol. The molecule has 0 saturated carbocycles. The summed E-state index contributed by atoms with van der Waals surface area (Å²) in [5.41, 5.74) is 0. The highest BCUT2D eigenvalue weighted by atomic mass is 16.6. The lowest BCUT2D eigenvalue weighted by Crippen LogP contribution is -2.15. The van der Waals surface area contributed by atoms with Crippen molar-refractivity contribution in [3.05, 3.63) is 12.7 Å². The highest BCUT2D eigenvalue weighted by Gasteiger charge is 2.17. The van der Waals surface area contributed by atoms with Gasteiger partial charge in [0.2, 0.25) is 0 Å². The molecular formula is C7H10O3. The molecule has 1 aliphatic heterocycles. The number of esters is 1. The number of ether oxygens (including phenoxy) is 2. The number of carbonyl (C=O) groups is 1. The molecule has 1 fully saturated rings. The minimum Gasteiger partial charge on any atom is -0.457 e. The molecule has 0 N–H and O–H groups in total. The quantitative estimate of drug-likeness (QED) is 0.416. The minimum absolute atomic E-state index is 0.0505. The van der Waals surface area contributed by atoms with Gasteiger partial charge in [-0.05, 0) is 0 Å². The standard InChI is InChI=1S/C7H10O3/c1-2-7(8)10-6-3-4-9-5-6/h2,6H,1,3-5H2. The van der Waals surface area contributed by atoms with Crippen LogP contribution in [0.2, 0.25) is 0 Å². The van der Waals surface area contributed by atoms with Gasteiger partial charge in [-0.1, -0.05) is 6.58 Å². The van der Waals surface area contributed by atoms with Crippen molar-refractivity contribution in [2.75, 3.05) is 13.2 Å². The third kappa shape index (κ3) is 1.84. The summed E-state index contributed by atoms with van der Waals surface area (Å²) in [6, 6.07) is 0. The van der Waals surface area contributed by atoms with Crippen LogP contribution in [-0.2, 0) is 14.3 Å². The number of hydrogen-bond donors (Lipinski definition) is 0. The molecule has 56 valence electrons. The molecule has 3 heteroatoms. The fraction of sp³-hybridized carbons (Fsp3) is 0.571. The van der Waals surface area contributed by atoms with Crippen LogP contribution in [0, 0.1) is 0 Å². The highest BCUT2D eigenvalue weighted by molar-refractivity contribution is 5.81. The Morgan fingerprint density at radius 2 is 2.60 bits per heavy atom. The molecule has 0 bridgehead atoms. The molecule has 10 heavy (non-hydrogen) atoms. The Labute approximate surface area is 59.6 Å². The van der Waals surface area contributed by atoms with E-state index in [0.29, 0.717) is 13.2 Å². The topological polar surface area (TPSA) is 35.5 Å². The second kappa shape index (κ2) is 3.37. The van der Waals surface area contributed by atoms with Gasteiger partial charge in [0.15, 0.2) is 0 Å². The zero-order chi connectivity index (χ0) is 7.40. The summed E-state index contributed by atoms with van der Waals surface area (Å²) in [6.45, 7) is 4.50. The zero-order valence-corrected chi connectivity index (χ0v) is 5.71. The van der Waals surface area contributed by atoms with Crippen molar-refractivity contribution in [2.45, 2.75) is 12.5 Å². The maximum absolute atomic E-state index is 10.6. The van der Waals surface area contributed by atoms with Crippen molar-refractivity contribution in [3.63, 3.8) is 0 Å². The Hall–Kier alpha value is -0.830. The van der Waals surface area contributed by atoms with Crippen LogP contribution in [0.3, 0.4) is 0 Å². The van der Waals surface area contributed by atoms with Crippen LogP contribution < -0.4 is 0 Å². The average Bonchev–Trinajstić information content (AvgIpc) is 2.40. The van der Waals surface area contributed by atoms with Gasteiger partial charge in [-0.2, -0.15) is 0 Å². The van der Waals surface area contributed by atoms with Gasteiger partial charge in [0.05, 0.1) is 13.2 Å². The van der Waals surface area contributed by atoms with Crippen molar-refractivity contribution >= 4 is 5.97 Å². The first kappa shape index (κ1) is 7.28. The van der Waals surface area contributed by atoms with Crippen molar-refractivity contribution in [1.82, 2.24) is 0 Å². The third-order valence-electron chi connectivity index (χ3n) is 1.34. The smallest absolute Gasteiger partial charge is 0.330 e. The Bertz CT molecular complexity index is 136. The van der Waals surface area contributed by atoms with Gasteiger partial charge in [0.25, 0.3) is 0 Å². The van der Waals surface area contributed by atoms with Crippen molar-refractivity contribution in [1.29, 1.82) is 0 Å². The van der Waals surface area contributed by atoms with Crippen molar-refractivity contribution in [2.24, 2.45) is 0 Å². The molecule has 1 rings (SSSR count). The molecule has 1 atom stereocenters. The van der Waals surface area contributed by atoms with Gasteiger partial charge in [0.1, 0.15) is 6.10 Å². The third-order valence-corrected chi connectivity index (χ3v) is 1.34. The van der Waals surface area contributed by atoms with Crippen LogP contribution in [0.1, 0.15) is 6.42 Å². The van der Waals surface area contributed by atoms with Gasteiger partial charge in [0, 0.05) is 12.5 Å². The molecule has 0 aromatic rings. The van der Waals surface area contributed by atoms with E-state index in [-0.39, 0.29) is 12.1 Å². The first-order valence-corrected chi connectivity index (χ1v) is 3.23. The molecule has 1 heterocycles. The molecule has 0 aromatic heterocycles. The molecular weight excluding hydrogens is 132 g/mol. The lowest BCUT2D eigenvalue weighted by molar-refractivity contribution is -0.142. The molecule has 0 aliphatic carbocycles. The van der Waals surface area contributed by atoms with Crippen LogP contribution in [0.4, 0.5) is 0 Å². The van der Waals surface area contributed by atoms with Gasteiger partial charge >= 0.3 is 5.97 Å². The van der Waals surface area contributed by atoms with E-state index in [4.69, 9.17) is 9.47 Å². The van der Waals surface area contributed by atoms with E-state index in [1.54, 1.807) is 0 Å². The normalized spacial score (nSPS) is 24.2. The summed E-state index contributed by atoms with van der Waals surface area (Å²) in [4.78, 5) is 10.6. The summed E-state index contributed by atoms with van der Waals surface area (Å²) < 4.78 is 9.87. The predicted octanol–water partition coefficient (Wildman–Crippen LogP) is 0.504. The summed E-state index contributed by atoms with van der Waals surface area (Å²) in [6.07, 6.45) is 1.92. The van der Waals surface area contributed by atoms with Gasteiger partial charge in [-0.25, -0.2) is 4.79 Å². The molecule has 3 nitrogen and oxygen atoms in total. The molecule has 1 saturated heterocycles. The van der Waals surface area contributed by atoms with E-state index in [1.807, 2.05) is 0 Å². The fourth-order valence-electron chi connectivity index (χ4n) is 0.818. The van der Waals surface area contributed by atoms with Crippen LogP contribution in [0.25, 0.3) is 0 Å². The van der Waals surface area contributed by atoms with Gasteiger partial charge in [-0.15, -0.1) is 0 Å². The highest BCUT2D eigenvalue weighted by Crippen LogP contribution is 2.07. The molecule has 1 unspecified atom stereocenters. The Morgan fingerprint density at radius 1 is 1.80 bits per heavy atom. The second-order valence-corrected chi connectivity index (χ2v) is 2.13. The number of hydrogen-bond acceptors (Lipinski definition) is 3. The first-order chi connectivity index (χ1) is 4.83. The van der Waals surface area contributed by atoms with Gasteiger partial charge in [-0.3, -0.25) is 0 Å². The number of carbonyl (C=O) groups excluding carboxylic acids is 1. The summed E-state index contributed by atoms with van der Waals surface area (Å²) >= 11 is 0. The molecule has 0 amide bonds. The Kier molecular flexibility index (Phi) is 2.45. The van der Waals surface area contributed by atoms with Crippen LogP contribution in [-0.4, -0.2) is 25.3 Å². The van der Waals surface area contributed by atoms with E-state index < -0.39 is 0 Å². The van der Waals surface area contributed by atoms with Crippen LogP contribution in [0.15, 0.2) is 12.7 Å². The first-order valence-electron chi connectivity index (χ1n) is 3.23. The minimum atomic E-state index is -0.365. The van der Waals surface area contributed by atoms with Crippen LogP contribution in [0.5, 0.6) is 0 Å². The predicted molar refractivity (Wildman–Crippen MR) is 35.5 cm³/mol. The SMILES string of the molecule is C=CC(=O)OC1CCOC1. The van der Waals surface area contributed by atoms with Crippen LogP contribution >= 0.6 is 0 Å². The van der Waals surface area contributed by atoms with E-state index in [0.717, 1.165) is 6.42 Å². The Morgan fingerprint density at radius 3 is 3.10 bits per heavy atom. The van der Waals surface area contributed by atoms with E-state index >= 15 is 0 Å². The zero-order valence-electron chi connectivity index (χ0n) is 5.71. The lowest BCUT2D eigenvalue weighted by Gasteiger charge is -2.06. The summed E-state index contributed by atoms with van der Waals surface area (Å²) in [7, 11) is 0. The molecule has 1 aliphatic rings. The monoisotopic (exact) mass is 142 g/mol. The second-order valence-electron chi connectivity index (χ2n) is 2.13. The lowest BCUT2D eigenvalue weighted by atomic mass is 10.3. The summed E-state index contributed by atoms with van der Waals surface area (Å²) in [5.74, 6) is -0.365.